The number of phenols is 2. The minimum Gasteiger partial charge on any atom is -0.504 e. The minimum atomic E-state index is -0.186. The molecule has 4 aromatic carbocycles. The SMILES string of the molecule is COc1c(O)ccc2c1-c1ccc3c(c1/C(=C/c1sccc1/C(C)=N/O)O2)C(C)=CC(C)(C)N3.COc1c(O)ccc2c1-c1ccc3c(c1/C(=C/c1sccc1/C(C)=N\O)O2)C(C)=CC(C)(C)N3. The molecule has 6 aromatic rings. The van der Waals surface area contributed by atoms with E-state index >= 15 is 0 Å². The van der Waals surface area contributed by atoms with Crippen LogP contribution >= 0.6 is 22.7 Å². The maximum absolute atomic E-state index is 10.5. The zero-order valence-corrected chi connectivity index (χ0v) is 41.0. The topological polar surface area (TPSA) is 167 Å². The van der Waals surface area contributed by atoms with Gasteiger partial charge in [-0.1, -0.05) is 34.6 Å². The third-order valence-corrected chi connectivity index (χ3v) is 14.1. The van der Waals surface area contributed by atoms with E-state index in [1.807, 2.05) is 47.2 Å². The number of thiophene rings is 2. The summed E-state index contributed by atoms with van der Waals surface area (Å²) in [6.07, 6.45) is 8.40. The Labute approximate surface area is 403 Å². The summed E-state index contributed by atoms with van der Waals surface area (Å²) in [6, 6.07) is 18.8. The van der Waals surface area contributed by atoms with Crippen molar-refractivity contribution in [3.63, 3.8) is 0 Å². The maximum atomic E-state index is 10.5. The fourth-order valence-corrected chi connectivity index (χ4v) is 11.4. The second-order valence-corrected chi connectivity index (χ2v) is 20.0. The van der Waals surface area contributed by atoms with Crippen LogP contribution in [0.5, 0.6) is 34.5 Å². The zero-order chi connectivity index (χ0) is 48.4. The van der Waals surface area contributed by atoms with Gasteiger partial charge in [-0.05, 0) is 138 Å². The number of nitrogens with one attached hydrogen (secondary N) is 2. The fourth-order valence-electron chi connectivity index (χ4n) is 9.71. The Morgan fingerprint density at radius 1 is 0.574 bits per heavy atom. The number of benzene rings is 4. The molecule has 6 N–H and O–H groups in total. The van der Waals surface area contributed by atoms with Crippen LogP contribution in [0.2, 0.25) is 0 Å². The minimum absolute atomic E-state index is 0.0581. The molecule has 14 heteroatoms. The van der Waals surface area contributed by atoms with E-state index in [9.17, 15) is 20.6 Å². The van der Waals surface area contributed by atoms with Gasteiger partial charge in [0.15, 0.2) is 23.0 Å². The number of aromatic hydroxyl groups is 2. The number of anilines is 2. The highest BCUT2D eigenvalue weighted by Gasteiger charge is 2.36. The third kappa shape index (κ3) is 7.92. The van der Waals surface area contributed by atoms with E-state index in [4.69, 9.17) is 18.9 Å². The van der Waals surface area contributed by atoms with Crippen LogP contribution in [0.15, 0.2) is 93.9 Å². The lowest BCUT2D eigenvalue weighted by Gasteiger charge is -2.35. The molecule has 0 amide bonds. The lowest BCUT2D eigenvalue weighted by atomic mass is 9.83. The van der Waals surface area contributed by atoms with Gasteiger partial charge in [-0.2, -0.15) is 0 Å². The van der Waals surface area contributed by atoms with Crippen molar-refractivity contribution in [3.8, 4) is 56.8 Å². The van der Waals surface area contributed by atoms with E-state index in [1.165, 1.54) is 0 Å². The molecule has 6 heterocycles. The van der Waals surface area contributed by atoms with Gasteiger partial charge >= 0.3 is 0 Å². The van der Waals surface area contributed by atoms with Crippen molar-refractivity contribution in [2.45, 2.75) is 66.5 Å². The summed E-state index contributed by atoms with van der Waals surface area (Å²) in [4.78, 5) is 1.85. The van der Waals surface area contributed by atoms with Crippen molar-refractivity contribution in [1.82, 2.24) is 0 Å². The second kappa shape index (κ2) is 17.3. The molecular weight excluding hydrogens is 897 g/mol. The monoisotopic (exact) mass is 948 g/mol. The van der Waals surface area contributed by atoms with E-state index in [0.717, 1.165) is 87.9 Å². The molecule has 0 saturated heterocycles. The summed E-state index contributed by atoms with van der Waals surface area (Å²) in [7, 11) is 3.09. The van der Waals surface area contributed by atoms with Crippen molar-refractivity contribution in [1.29, 1.82) is 0 Å². The standard InChI is InChI=1S/2C27H26N2O4S/c2*1-14-13-27(3,4)28-18-7-6-17-24(23(14)18)21(12-22-16(10-11-34-22)15(2)29-31)33-20-9-8-19(30)26(32-5)25(17)20/h2*6-13,28,30-31H,1-5H3/b21-12-,29-15+;21-12-,29-15-. The van der Waals surface area contributed by atoms with Crippen LogP contribution in [0, 0.1) is 0 Å². The van der Waals surface area contributed by atoms with Crippen LogP contribution < -0.4 is 29.6 Å². The number of nitrogens with zero attached hydrogens (tertiary/aromatic N) is 2. The Morgan fingerprint density at radius 2 is 0.971 bits per heavy atom. The Kier molecular flexibility index (Phi) is 11.7. The molecule has 4 aliphatic rings. The van der Waals surface area contributed by atoms with E-state index in [1.54, 1.807) is 75.0 Å². The summed E-state index contributed by atoms with van der Waals surface area (Å²) >= 11 is 3.10. The molecule has 68 heavy (non-hydrogen) atoms. The largest absolute Gasteiger partial charge is 0.504 e. The summed E-state index contributed by atoms with van der Waals surface area (Å²) in [5.41, 5.74) is 13.9. The highest BCUT2D eigenvalue weighted by atomic mass is 32.1. The van der Waals surface area contributed by atoms with E-state index in [-0.39, 0.29) is 22.6 Å². The van der Waals surface area contributed by atoms with Gasteiger partial charge in [-0.3, -0.25) is 0 Å². The number of phenolic OH excluding ortho intramolecular Hbond substituents is 2. The van der Waals surface area contributed by atoms with Gasteiger partial charge in [-0.25, -0.2) is 0 Å². The average Bonchev–Trinajstić information content (AvgIpc) is 3.97. The summed E-state index contributed by atoms with van der Waals surface area (Å²) < 4.78 is 24.1. The lowest BCUT2D eigenvalue weighted by molar-refractivity contribution is 0.319. The summed E-state index contributed by atoms with van der Waals surface area (Å²) in [6.45, 7) is 16.3. The quantitative estimate of drug-likeness (QED) is 0.0537. The Morgan fingerprint density at radius 3 is 1.34 bits per heavy atom. The smallest absolute Gasteiger partial charge is 0.172 e. The molecule has 0 bridgehead atoms. The number of hydrogen-bond donors (Lipinski definition) is 6. The summed E-state index contributed by atoms with van der Waals surface area (Å²) in [5, 5.41) is 57.6. The van der Waals surface area contributed by atoms with E-state index in [2.05, 4.69) is 86.8 Å². The first-order valence-corrected chi connectivity index (χ1v) is 23.7. The van der Waals surface area contributed by atoms with Gasteiger partial charge in [0.2, 0.25) is 0 Å². The average molecular weight is 949 g/mol. The molecule has 0 radical (unpaired) electrons. The van der Waals surface area contributed by atoms with Gasteiger partial charge in [0.05, 0.1) is 47.8 Å². The molecule has 12 nitrogen and oxygen atoms in total. The van der Waals surface area contributed by atoms with Gasteiger partial charge < -0.3 is 50.2 Å². The van der Waals surface area contributed by atoms with Crippen LogP contribution in [0.1, 0.15) is 98.5 Å². The first-order chi connectivity index (χ1) is 32.5. The van der Waals surface area contributed by atoms with Crippen LogP contribution in [-0.2, 0) is 0 Å². The number of hydrogen-bond acceptors (Lipinski definition) is 14. The molecule has 0 fully saturated rings. The first-order valence-electron chi connectivity index (χ1n) is 21.9. The van der Waals surface area contributed by atoms with Gasteiger partial charge in [0.1, 0.15) is 23.0 Å². The van der Waals surface area contributed by atoms with Crippen LogP contribution in [-0.4, -0.2) is 57.3 Å². The fraction of sp³-hybridized carbons (Fsp3) is 0.222. The van der Waals surface area contributed by atoms with Crippen molar-refractivity contribution < 1.29 is 39.6 Å². The maximum Gasteiger partial charge on any atom is 0.172 e. The zero-order valence-electron chi connectivity index (χ0n) is 39.4. The van der Waals surface area contributed by atoms with E-state index < -0.39 is 0 Å². The molecule has 4 aliphatic heterocycles. The Balaban J connectivity index is 0.000000170. The van der Waals surface area contributed by atoms with Gasteiger partial charge in [0, 0.05) is 65.6 Å². The molecule has 0 aliphatic carbocycles. The van der Waals surface area contributed by atoms with E-state index in [0.29, 0.717) is 45.9 Å². The predicted molar refractivity (Wildman–Crippen MR) is 277 cm³/mol. The number of fused-ring (bicyclic) bond motifs is 10. The second-order valence-electron chi connectivity index (χ2n) is 18.1. The van der Waals surface area contributed by atoms with Crippen LogP contribution in [0.4, 0.5) is 11.4 Å². The van der Waals surface area contributed by atoms with Crippen LogP contribution in [0.25, 0.3) is 57.1 Å². The number of allylic oxidation sites excluding steroid dienone is 2. The van der Waals surface area contributed by atoms with Gasteiger partial charge in [0.25, 0.3) is 0 Å². The Bertz CT molecular complexity index is 3040. The molecule has 0 atom stereocenters. The summed E-state index contributed by atoms with van der Waals surface area (Å²) in [5.74, 6) is 3.43. The lowest BCUT2D eigenvalue weighted by Crippen LogP contribution is -2.32. The van der Waals surface area contributed by atoms with Crippen molar-refractivity contribution >= 4 is 80.3 Å². The van der Waals surface area contributed by atoms with Crippen LogP contribution in [0.3, 0.4) is 0 Å². The third-order valence-electron chi connectivity index (χ3n) is 12.3. The first kappa shape index (κ1) is 45.7. The molecule has 10 rings (SSSR count). The highest BCUT2D eigenvalue weighted by molar-refractivity contribution is 7.11. The normalized spacial score (nSPS) is 17.1. The highest BCUT2D eigenvalue weighted by Crippen LogP contribution is 2.56. The number of rotatable bonds is 6. The molecular formula is C54H52N4O8S2. The molecule has 2 aromatic heterocycles. The molecule has 0 spiro atoms. The number of methoxy groups -OCH3 is 2. The number of oxime groups is 2. The molecule has 0 unspecified atom stereocenters. The van der Waals surface area contributed by atoms with Gasteiger partial charge in [-0.15, -0.1) is 22.7 Å². The van der Waals surface area contributed by atoms with Crippen molar-refractivity contribution in [2.75, 3.05) is 24.9 Å². The molecule has 0 saturated carbocycles. The predicted octanol–water partition coefficient (Wildman–Crippen LogP) is 13.7. The Hall–Kier alpha value is -7.42. The van der Waals surface area contributed by atoms with Crippen molar-refractivity contribution in [2.24, 2.45) is 10.3 Å². The molecule has 348 valence electrons. The number of ether oxygens (including phenoxy) is 4. The van der Waals surface area contributed by atoms with Crippen molar-refractivity contribution in [3.05, 3.63) is 127 Å².